The van der Waals surface area contributed by atoms with Crippen LogP contribution in [0.3, 0.4) is 0 Å². The zero-order valence-corrected chi connectivity index (χ0v) is 23.4. The Labute approximate surface area is 219 Å². The van der Waals surface area contributed by atoms with Gasteiger partial charge in [-0.2, -0.15) is 0 Å². The van der Waals surface area contributed by atoms with Crippen LogP contribution in [0.5, 0.6) is 0 Å². The molecule has 2 N–H and O–H groups in total. The quantitative estimate of drug-likeness (QED) is 0.406. The maximum Gasteiger partial charge on any atom is 0.413 e. The summed E-state index contributed by atoms with van der Waals surface area (Å²) >= 11 is 0. The first kappa shape index (κ1) is 28.5. The third kappa shape index (κ3) is 8.23. The Kier molecular flexibility index (Phi) is 8.29. The molecule has 0 radical (unpaired) electrons. The van der Waals surface area contributed by atoms with Crippen molar-refractivity contribution in [3.05, 3.63) is 29.4 Å². The van der Waals surface area contributed by atoms with Crippen LogP contribution in [0, 0.1) is 11.3 Å². The highest BCUT2D eigenvalue weighted by atomic mass is 16.6. The van der Waals surface area contributed by atoms with Gasteiger partial charge in [-0.05, 0) is 72.1 Å². The summed E-state index contributed by atoms with van der Waals surface area (Å²) in [6, 6.07) is 1.81. The van der Waals surface area contributed by atoms with Gasteiger partial charge in [0.2, 0.25) is 5.91 Å². The molecule has 0 aromatic carbocycles. The second-order valence-electron chi connectivity index (χ2n) is 12.3. The number of hydrogen-bond donors (Lipinski definition) is 2. The fourth-order valence-electron chi connectivity index (χ4n) is 4.70. The lowest BCUT2D eigenvalue weighted by Gasteiger charge is -2.42. The van der Waals surface area contributed by atoms with Gasteiger partial charge in [-0.15, -0.1) is 0 Å². The molecule has 2 amide bonds. The Balaban J connectivity index is 1.64. The third-order valence-electron chi connectivity index (χ3n) is 6.70. The maximum atomic E-state index is 12.3. The van der Waals surface area contributed by atoms with E-state index in [1.807, 2.05) is 11.0 Å². The Morgan fingerprint density at radius 3 is 2.38 bits per heavy atom. The number of carbonyl (C=O) groups is 3. The molecule has 1 saturated carbocycles. The van der Waals surface area contributed by atoms with Gasteiger partial charge in [-0.1, -0.05) is 12.1 Å². The summed E-state index contributed by atoms with van der Waals surface area (Å²) in [5, 5.41) is 9.90. The Morgan fingerprint density at radius 2 is 1.81 bits per heavy atom. The van der Waals surface area contributed by atoms with Crippen LogP contribution in [-0.4, -0.2) is 52.3 Å². The van der Waals surface area contributed by atoms with Crippen molar-refractivity contribution in [2.75, 3.05) is 13.1 Å². The van der Waals surface area contributed by atoms with Gasteiger partial charge < -0.3 is 24.2 Å². The zero-order chi connectivity index (χ0) is 27.6. The zero-order valence-electron chi connectivity index (χ0n) is 23.4. The van der Waals surface area contributed by atoms with Crippen LogP contribution in [0.1, 0.15) is 92.1 Å². The van der Waals surface area contributed by atoms with Gasteiger partial charge in [0.15, 0.2) is 0 Å². The first-order chi connectivity index (χ1) is 17.1. The van der Waals surface area contributed by atoms with E-state index in [-0.39, 0.29) is 17.8 Å². The Bertz CT molecular complexity index is 1030. The van der Waals surface area contributed by atoms with E-state index in [4.69, 9.17) is 14.0 Å². The van der Waals surface area contributed by atoms with Gasteiger partial charge in [-0.25, -0.2) is 9.59 Å². The Morgan fingerprint density at radius 1 is 1.16 bits per heavy atom. The average Bonchev–Trinajstić information content (AvgIpc) is 3.34. The van der Waals surface area contributed by atoms with Crippen molar-refractivity contribution in [1.82, 2.24) is 20.7 Å². The number of amides is 2. The van der Waals surface area contributed by atoms with E-state index in [1.54, 1.807) is 48.5 Å². The summed E-state index contributed by atoms with van der Waals surface area (Å²) in [5.74, 6) is 0.726. The molecule has 2 fully saturated rings. The van der Waals surface area contributed by atoms with Crippen LogP contribution >= 0.6 is 0 Å². The molecule has 3 rings (SSSR count). The van der Waals surface area contributed by atoms with Crippen molar-refractivity contribution in [3.63, 3.8) is 0 Å². The number of esters is 1. The van der Waals surface area contributed by atoms with E-state index < -0.39 is 23.3 Å². The SMILES string of the molecule is CC(=O)N1C[C@H](C)C2(CC2)C[C@H]1c1cc(CCN/C(=C\C(=O)OC(C)(C)C)NC(=O)OC(C)(C)C)on1. The summed E-state index contributed by atoms with van der Waals surface area (Å²) in [4.78, 5) is 38.8. The molecule has 1 aromatic heterocycles. The number of nitrogens with zero attached hydrogens (tertiary/aromatic N) is 2. The third-order valence-corrected chi connectivity index (χ3v) is 6.70. The van der Waals surface area contributed by atoms with Crippen LogP contribution in [0.25, 0.3) is 0 Å². The molecule has 2 atom stereocenters. The number of rotatable bonds is 7. The van der Waals surface area contributed by atoms with E-state index >= 15 is 0 Å². The number of piperidine rings is 1. The maximum absolute atomic E-state index is 12.3. The number of likely N-dealkylation sites (tertiary alicyclic amines) is 1. The van der Waals surface area contributed by atoms with E-state index in [9.17, 15) is 14.4 Å². The van der Waals surface area contributed by atoms with Crippen molar-refractivity contribution in [2.45, 2.75) is 98.3 Å². The standard InChI is InChI=1S/C27H42N4O6/c1-17-16-31(18(2)32)21(15-27(17)10-11-27)20-13-19(37-30-20)9-12-28-22(14-23(33)35-25(3,4)5)29-24(34)36-26(6,7)8/h13-14,17,21,28H,9-12,15-16H2,1-8H3,(H,29,34)/b22-14+/t17-,21-/m0/s1. The molecule has 37 heavy (non-hydrogen) atoms. The highest BCUT2D eigenvalue weighted by Gasteiger charge is 2.53. The minimum atomic E-state index is -0.693. The molecule has 1 aromatic rings. The topological polar surface area (TPSA) is 123 Å². The van der Waals surface area contributed by atoms with Gasteiger partial charge in [0.05, 0.1) is 12.1 Å². The molecular formula is C27H42N4O6. The summed E-state index contributed by atoms with van der Waals surface area (Å²) in [6.07, 6.45) is 4.24. The van der Waals surface area contributed by atoms with Crippen molar-refractivity contribution < 1.29 is 28.4 Å². The second kappa shape index (κ2) is 10.8. The van der Waals surface area contributed by atoms with E-state index in [2.05, 4.69) is 22.7 Å². The number of hydrogen-bond acceptors (Lipinski definition) is 8. The van der Waals surface area contributed by atoms with Crippen LogP contribution in [0.4, 0.5) is 4.79 Å². The van der Waals surface area contributed by atoms with Crippen LogP contribution in [-0.2, 0) is 25.5 Å². The minimum absolute atomic E-state index is 0.0451. The fourth-order valence-corrected chi connectivity index (χ4v) is 4.70. The van der Waals surface area contributed by atoms with Gasteiger partial charge in [0.25, 0.3) is 0 Å². The molecule has 10 heteroatoms. The van der Waals surface area contributed by atoms with Gasteiger partial charge in [-0.3, -0.25) is 10.1 Å². The van der Waals surface area contributed by atoms with E-state index in [0.717, 1.165) is 18.7 Å². The van der Waals surface area contributed by atoms with Crippen LogP contribution in [0.2, 0.25) is 0 Å². The molecule has 1 aliphatic heterocycles. The lowest BCUT2D eigenvalue weighted by molar-refractivity contribution is -0.148. The van der Waals surface area contributed by atoms with Crippen LogP contribution in [0.15, 0.2) is 22.5 Å². The number of nitrogens with one attached hydrogen (secondary N) is 2. The number of carbonyl (C=O) groups excluding carboxylic acids is 3. The summed E-state index contributed by atoms with van der Waals surface area (Å²) < 4.78 is 16.2. The Hall–Kier alpha value is -3.04. The molecule has 206 valence electrons. The molecule has 10 nitrogen and oxygen atoms in total. The number of ether oxygens (including phenoxy) is 2. The van der Waals surface area contributed by atoms with Crippen molar-refractivity contribution in [2.24, 2.45) is 11.3 Å². The molecule has 1 saturated heterocycles. The predicted molar refractivity (Wildman–Crippen MR) is 137 cm³/mol. The molecule has 0 unspecified atom stereocenters. The van der Waals surface area contributed by atoms with Gasteiger partial charge in [0, 0.05) is 32.5 Å². The highest BCUT2D eigenvalue weighted by Crippen LogP contribution is 2.60. The highest BCUT2D eigenvalue weighted by molar-refractivity contribution is 5.84. The summed E-state index contributed by atoms with van der Waals surface area (Å²) in [6.45, 7) is 15.5. The van der Waals surface area contributed by atoms with Crippen molar-refractivity contribution >= 4 is 18.0 Å². The van der Waals surface area contributed by atoms with Gasteiger partial charge >= 0.3 is 12.1 Å². The number of alkyl carbamates (subject to hydrolysis) is 1. The molecule has 0 bridgehead atoms. The summed E-state index contributed by atoms with van der Waals surface area (Å²) in [7, 11) is 0. The van der Waals surface area contributed by atoms with Crippen molar-refractivity contribution in [3.8, 4) is 0 Å². The van der Waals surface area contributed by atoms with Crippen molar-refractivity contribution in [1.29, 1.82) is 0 Å². The lowest BCUT2D eigenvalue weighted by Crippen LogP contribution is -2.45. The molecule has 2 heterocycles. The first-order valence-corrected chi connectivity index (χ1v) is 13.0. The predicted octanol–water partition coefficient (Wildman–Crippen LogP) is 4.22. The lowest BCUT2D eigenvalue weighted by atomic mass is 9.79. The largest absolute Gasteiger partial charge is 0.457 e. The number of aromatic nitrogens is 1. The smallest absolute Gasteiger partial charge is 0.413 e. The molecular weight excluding hydrogens is 476 g/mol. The molecule has 1 aliphatic carbocycles. The van der Waals surface area contributed by atoms with E-state index in [0.29, 0.717) is 30.1 Å². The second-order valence-corrected chi connectivity index (χ2v) is 12.3. The first-order valence-electron chi connectivity index (χ1n) is 13.0. The normalized spacial score (nSPS) is 21.4. The summed E-state index contributed by atoms with van der Waals surface area (Å²) in [5.41, 5.74) is -0.294. The van der Waals surface area contributed by atoms with Gasteiger partial charge in [0.1, 0.15) is 28.5 Å². The van der Waals surface area contributed by atoms with Crippen LogP contribution < -0.4 is 10.6 Å². The molecule has 1 spiro atoms. The monoisotopic (exact) mass is 518 g/mol. The minimum Gasteiger partial charge on any atom is -0.457 e. The van der Waals surface area contributed by atoms with E-state index in [1.165, 1.54) is 18.9 Å². The molecule has 2 aliphatic rings. The fraction of sp³-hybridized carbons (Fsp3) is 0.704. The average molecular weight is 519 g/mol.